The molecule has 14 heavy (non-hydrogen) atoms. The summed E-state index contributed by atoms with van der Waals surface area (Å²) in [6, 6.07) is 0.554. The predicted octanol–water partition coefficient (Wildman–Crippen LogP) is 2.33. The zero-order chi connectivity index (χ0) is 10.9. The van der Waals surface area contributed by atoms with Crippen molar-refractivity contribution in [2.75, 3.05) is 13.1 Å². The average molecular weight is 197 g/mol. The van der Waals surface area contributed by atoms with Crippen LogP contribution < -0.4 is 0 Å². The summed E-state index contributed by atoms with van der Waals surface area (Å²) in [6.07, 6.45) is 0.738. The molecule has 0 bridgehead atoms. The van der Waals surface area contributed by atoms with E-state index in [-0.39, 0.29) is 5.92 Å². The van der Waals surface area contributed by atoms with Crippen molar-refractivity contribution in [3.63, 3.8) is 0 Å². The zero-order valence-electron chi connectivity index (χ0n) is 10.1. The Hall–Kier alpha value is -0.370. The minimum absolute atomic E-state index is 0.230. The monoisotopic (exact) mass is 197 g/mol. The van der Waals surface area contributed by atoms with Crippen LogP contribution in [-0.2, 0) is 4.79 Å². The molecule has 0 radical (unpaired) electrons. The fourth-order valence-electron chi connectivity index (χ4n) is 1.94. The lowest BCUT2D eigenvalue weighted by atomic mass is 9.85. The number of carbonyl (C=O) groups excluding carboxylic acids is 1. The summed E-state index contributed by atoms with van der Waals surface area (Å²) in [7, 11) is 0. The molecule has 0 N–H and O–H groups in total. The zero-order valence-corrected chi connectivity index (χ0v) is 10.1. The lowest BCUT2D eigenvalue weighted by Crippen LogP contribution is -2.49. The van der Waals surface area contributed by atoms with Crippen LogP contribution in [0.4, 0.5) is 0 Å². The summed E-state index contributed by atoms with van der Waals surface area (Å²) in [5.41, 5.74) is 0.306. The Kier molecular flexibility index (Phi) is 3.36. The van der Waals surface area contributed by atoms with Crippen molar-refractivity contribution >= 4 is 5.78 Å². The fourth-order valence-corrected chi connectivity index (χ4v) is 1.94. The molecule has 1 rings (SSSR count). The van der Waals surface area contributed by atoms with Gasteiger partial charge in [0.1, 0.15) is 5.78 Å². The first kappa shape index (κ1) is 11.7. The molecule has 0 amide bonds. The standard InChI is InChI=1S/C12H23NO/c1-9-8-13(7-6-11(9)14)10(2)12(3,4)5/h9-10H,6-8H2,1-5H3. The van der Waals surface area contributed by atoms with Crippen LogP contribution in [0.1, 0.15) is 41.0 Å². The molecule has 2 unspecified atom stereocenters. The van der Waals surface area contributed by atoms with Crippen molar-refractivity contribution in [2.45, 2.75) is 47.1 Å². The third-order valence-electron chi connectivity index (χ3n) is 3.50. The average Bonchev–Trinajstić information content (AvgIpc) is 2.07. The number of carbonyl (C=O) groups is 1. The molecule has 0 aliphatic carbocycles. The first-order valence-electron chi connectivity index (χ1n) is 5.59. The van der Waals surface area contributed by atoms with Gasteiger partial charge in [-0.2, -0.15) is 0 Å². The smallest absolute Gasteiger partial charge is 0.138 e. The highest BCUT2D eigenvalue weighted by Gasteiger charge is 2.31. The van der Waals surface area contributed by atoms with E-state index in [0.29, 0.717) is 17.2 Å². The van der Waals surface area contributed by atoms with E-state index in [0.717, 1.165) is 19.5 Å². The number of likely N-dealkylation sites (tertiary alicyclic amines) is 1. The van der Waals surface area contributed by atoms with Crippen LogP contribution in [0.15, 0.2) is 0 Å². The summed E-state index contributed by atoms with van der Waals surface area (Å²) in [5.74, 6) is 0.663. The molecule has 0 aromatic carbocycles. The van der Waals surface area contributed by atoms with Crippen LogP contribution in [0.25, 0.3) is 0 Å². The van der Waals surface area contributed by atoms with Crippen LogP contribution in [-0.4, -0.2) is 29.8 Å². The molecule has 1 aliphatic rings. The van der Waals surface area contributed by atoms with Crippen LogP contribution in [0.2, 0.25) is 0 Å². The Labute approximate surface area is 87.7 Å². The molecule has 82 valence electrons. The van der Waals surface area contributed by atoms with E-state index in [4.69, 9.17) is 0 Å². The van der Waals surface area contributed by atoms with E-state index >= 15 is 0 Å². The Bertz CT molecular complexity index is 217. The first-order valence-corrected chi connectivity index (χ1v) is 5.59. The highest BCUT2D eigenvalue weighted by atomic mass is 16.1. The van der Waals surface area contributed by atoms with Crippen molar-refractivity contribution in [1.29, 1.82) is 0 Å². The van der Waals surface area contributed by atoms with Gasteiger partial charge in [-0.3, -0.25) is 9.69 Å². The normalized spacial score (nSPS) is 27.8. The van der Waals surface area contributed by atoms with Gasteiger partial charge in [0.25, 0.3) is 0 Å². The van der Waals surface area contributed by atoms with E-state index < -0.39 is 0 Å². The SMILES string of the molecule is CC1CN(C(C)C(C)(C)C)CCC1=O. The van der Waals surface area contributed by atoms with Crippen LogP contribution in [0, 0.1) is 11.3 Å². The molecule has 2 atom stereocenters. The fraction of sp³-hybridized carbons (Fsp3) is 0.917. The molecule has 0 aromatic rings. The summed E-state index contributed by atoms with van der Waals surface area (Å²) in [5, 5.41) is 0. The Morgan fingerprint density at radius 3 is 2.43 bits per heavy atom. The maximum Gasteiger partial charge on any atom is 0.138 e. The molecule has 2 nitrogen and oxygen atoms in total. The molecular formula is C12H23NO. The summed E-state index contributed by atoms with van der Waals surface area (Å²) in [4.78, 5) is 13.8. The van der Waals surface area contributed by atoms with Gasteiger partial charge in [0.05, 0.1) is 0 Å². The maximum absolute atomic E-state index is 11.4. The predicted molar refractivity (Wildman–Crippen MR) is 59.3 cm³/mol. The quantitative estimate of drug-likeness (QED) is 0.643. The Morgan fingerprint density at radius 2 is 2.00 bits per heavy atom. The molecule has 0 spiro atoms. The molecule has 0 saturated carbocycles. The first-order chi connectivity index (χ1) is 6.32. The number of hydrogen-bond acceptors (Lipinski definition) is 2. The highest BCUT2D eigenvalue weighted by Crippen LogP contribution is 2.26. The minimum Gasteiger partial charge on any atom is -0.299 e. The molecule has 1 aliphatic heterocycles. The Balaban J connectivity index is 2.59. The van der Waals surface area contributed by atoms with Crippen molar-refractivity contribution in [2.24, 2.45) is 11.3 Å². The lowest BCUT2D eigenvalue weighted by molar-refractivity contribution is -0.126. The van der Waals surface area contributed by atoms with Crippen molar-refractivity contribution in [1.82, 2.24) is 4.90 Å². The largest absolute Gasteiger partial charge is 0.299 e. The summed E-state index contributed by atoms with van der Waals surface area (Å²) < 4.78 is 0. The Morgan fingerprint density at radius 1 is 1.43 bits per heavy atom. The van der Waals surface area contributed by atoms with Gasteiger partial charge in [0.15, 0.2) is 0 Å². The maximum atomic E-state index is 11.4. The molecule has 1 heterocycles. The van der Waals surface area contributed by atoms with Gasteiger partial charge in [-0.15, -0.1) is 0 Å². The third kappa shape index (κ3) is 2.57. The second-order valence-electron chi connectivity index (χ2n) is 5.65. The van der Waals surface area contributed by atoms with Crippen LogP contribution in [0.5, 0.6) is 0 Å². The minimum atomic E-state index is 0.230. The number of piperidine rings is 1. The van der Waals surface area contributed by atoms with E-state index in [1.165, 1.54) is 0 Å². The second kappa shape index (κ2) is 4.01. The number of rotatable bonds is 1. The van der Waals surface area contributed by atoms with Crippen molar-refractivity contribution in [3.05, 3.63) is 0 Å². The van der Waals surface area contributed by atoms with E-state index in [1.54, 1.807) is 0 Å². The van der Waals surface area contributed by atoms with E-state index in [2.05, 4.69) is 32.6 Å². The van der Waals surface area contributed by atoms with Gasteiger partial charge in [-0.1, -0.05) is 27.7 Å². The van der Waals surface area contributed by atoms with Crippen LogP contribution in [0.3, 0.4) is 0 Å². The number of nitrogens with zero attached hydrogens (tertiary/aromatic N) is 1. The van der Waals surface area contributed by atoms with Gasteiger partial charge in [0.2, 0.25) is 0 Å². The van der Waals surface area contributed by atoms with E-state index in [1.807, 2.05) is 6.92 Å². The van der Waals surface area contributed by atoms with Gasteiger partial charge in [-0.05, 0) is 12.3 Å². The number of Topliss-reactive ketones (excluding diaryl/α,β-unsaturated/α-hetero) is 1. The molecule has 1 saturated heterocycles. The summed E-state index contributed by atoms with van der Waals surface area (Å²) in [6.45, 7) is 13.0. The molecule has 0 aromatic heterocycles. The van der Waals surface area contributed by atoms with Gasteiger partial charge < -0.3 is 0 Å². The van der Waals surface area contributed by atoms with Crippen molar-refractivity contribution < 1.29 is 4.79 Å². The van der Waals surface area contributed by atoms with Crippen molar-refractivity contribution in [3.8, 4) is 0 Å². The highest BCUT2D eigenvalue weighted by molar-refractivity contribution is 5.81. The van der Waals surface area contributed by atoms with Gasteiger partial charge in [0, 0.05) is 31.5 Å². The lowest BCUT2D eigenvalue weighted by Gasteiger charge is -2.41. The second-order valence-corrected chi connectivity index (χ2v) is 5.65. The number of hydrogen-bond donors (Lipinski definition) is 0. The summed E-state index contributed by atoms with van der Waals surface area (Å²) >= 11 is 0. The van der Waals surface area contributed by atoms with Crippen LogP contribution >= 0.6 is 0 Å². The number of ketones is 1. The third-order valence-corrected chi connectivity index (χ3v) is 3.50. The van der Waals surface area contributed by atoms with Gasteiger partial charge in [-0.25, -0.2) is 0 Å². The van der Waals surface area contributed by atoms with Gasteiger partial charge >= 0.3 is 0 Å². The molecule has 1 fully saturated rings. The molecular weight excluding hydrogens is 174 g/mol. The topological polar surface area (TPSA) is 20.3 Å². The molecule has 2 heteroatoms. The van der Waals surface area contributed by atoms with E-state index in [9.17, 15) is 4.79 Å².